The number of aliphatic hydroxyl groups excluding tert-OH is 1. The standard InChI is InChI=1S/C11H17NO5S/c1-8-10(5-6-16-8)12(2)18(14,15)11-4-3-9(7-13)17-11/h3-4,8,10,13H,5-7H2,1-2H3. The second kappa shape index (κ2) is 5.00. The normalized spacial score (nSPS) is 24.9. The molecule has 1 aliphatic heterocycles. The van der Waals surface area contributed by atoms with Gasteiger partial charge < -0.3 is 14.3 Å². The Hall–Kier alpha value is -0.890. The first kappa shape index (κ1) is 13.5. The number of aliphatic hydroxyl groups is 1. The summed E-state index contributed by atoms with van der Waals surface area (Å²) in [7, 11) is -2.15. The summed E-state index contributed by atoms with van der Waals surface area (Å²) in [6.45, 7) is 2.10. The van der Waals surface area contributed by atoms with Crippen molar-refractivity contribution in [3.63, 3.8) is 0 Å². The Kier molecular flexibility index (Phi) is 3.76. The van der Waals surface area contributed by atoms with Crippen molar-refractivity contribution < 1.29 is 22.7 Å². The lowest BCUT2D eigenvalue weighted by molar-refractivity contribution is 0.101. The zero-order valence-electron chi connectivity index (χ0n) is 10.4. The van der Waals surface area contributed by atoms with Crippen molar-refractivity contribution in [2.75, 3.05) is 13.7 Å². The summed E-state index contributed by atoms with van der Waals surface area (Å²) in [4.78, 5) is 0. The summed E-state index contributed by atoms with van der Waals surface area (Å²) in [5.74, 6) is 0.234. The SMILES string of the molecule is CC1OCCC1N(C)S(=O)(=O)c1ccc(CO)o1. The van der Waals surface area contributed by atoms with Crippen molar-refractivity contribution in [1.82, 2.24) is 4.31 Å². The first-order valence-electron chi connectivity index (χ1n) is 5.76. The van der Waals surface area contributed by atoms with Gasteiger partial charge in [-0.1, -0.05) is 0 Å². The molecule has 1 aromatic heterocycles. The van der Waals surface area contributed by atoms with Crippen molar-refractivity contribution in [3.8, 4) is 0 Å². The molecule has 1 N–H and O–H groups in total. The molecule has 2 heterocycles. The molecule has 0 aromatic carbocycles. The highest BCUT2D eigenvalue weighted by Crippen LogP contribution is 2.25. The van der Waals surface area contributed by atoms with E-state index in [2.05, 4.69) is 0 Å². The van der Waals surface area contributed by atoms with Crippen molar-refractivity contribution >= 4 is 10.0 Å². The third kappa shape index (κ3) is 2.31. The summed E-state index contributed by atoms with van der Waals surface area (Å²) >= 11 is 0. The van der Waals surface area contributed by atoms with Crippen LogP contribution in [-0.4, -0.2) is 43.6 Å². The molecule has 102 valence electrons. The maximum Gasteiger partial charge on any atom is 0.276 e. The fourth-order valence-electron chi connectivity index (χ4n) is 2.10. The van der Waals surface area contributed by atoms with E-state index in [9.17, 15) is 8.42 Å². The van der Waals surface area contributed by atoms with Gasteiger partial charge in [-0.3, -0.25) is 0 Å². The molecular weight excluding hydrogens is 258 g/mol. The predicted octanol–water partition coefficient (Wildman–Crippen LogP) is 0.570. The molecule has 0 bridgehead atoms. The summed E-state index contributed by atoms with van der Waals surface area (Å²) in [5.41, 5.74) is 0. The van der Waals surface area contributed by atoms with Crippen LogP contribution >= 0.6 is 0 Å². The van der Waals surface area contributed by atoms with Gasteiger partial charge in [0, 0.05) is 13.7 Å². The monoisotopic (exact) mass is 275 g/mol. The van der Waals surface area contributed by atoms with Crippen LogP contribution in [0.5, 0.6) is 0 Å². The van der Waals surface area contributed by atoms with E-state index in [1.54, 1.807) is 0 Å². The third-order valence-corrected chi connectivity index (χ3v) is 4.99. The van der Waals surface area contributed by atoms with E-state index in [0.29, 0.717) is 13.0 Å². The van der Waals surface area contributed by atoms with Crippen molar-refractivity contribution in [2.45, 2.75) is 37.2 Å². The topological polar surface area (TPSA) is 80.0 Å². The molecule has 0 amide bonds. The van der Waals surface area contributed by atoms with Gasteiger partial charge >= 0.3 is 0 Å². The minimum Gasteiger partial charge on any atom is -0.446 e. The van der Waals surface area contributed by atoms with Crippen LogP contribution < -0.4 is 0 Å². The van der Waals surface area contributed by atoms with E-state index in [-0.39, 0.29) is 29.6 Å². The van der Waals surface area contributed by atoms with E-state index in [4.69, 9.17) is 14.3 Å². The van der Waals surface area contributed by atoms with Gasteiger partial charge in [-0.05, 0) is 25.5 Å². The van der Waals surface area contributed by atoms with E-state index in [1.807, 2.05) is 6.92 Å². The Balaban J connectivity index is 2.24. The lowest BCUT2D eigenvalue weighted by Crippen LogP contribution is -2.40. The van der Waals surface area contributed by atoms with E-state index in [1.165, 1.54) is 23.5 Å². The number of rotatable bonds is 4. The molecule has 0 saturated carbocycles. The zero-order chi connectivity index (χ0) is 13.3. The van der Waals surface area contributed by atoms with E-state index < -0.39 is 10.0 Å². The fraction of sp³-hybridized carbons (Fsp3) is 0.636. The summed E-state index contributed by atoms with van der Waals surface area (Å²) in [6, 6.07) is 2.63. The average molecular weight is 275 g/mol. The molecule has 18 heavy (non-hydrogen) atoms. The molecule has 0 radical (unpaired) electrons. The first-order chi connectivity index (χ1) is 8.46. The number of nitrogens with zero attached hydrogens (tertiary/aromatic N) is 1. The minimum absolute atomic E-state index is 0.128. The zero-order valence-corrected chi connectivity index (χ0v) is 11.2. The van der Waals surface area contributed by atoms with Crippen LogP contribution in [0.4, 0.5) is 0 Å². The van der Waals surface area contributed by atoms with Crippen LogP contribution in [0.1, 0.15) is 19.1 Å². The molecular formula is C11H17NO5S. The fourth-order valence-corrected chi connectivity index (χ4v) is 3.47. The second-order valence-electron chi connectivity index (χ2n) is 4.33. The Morgan fingerprint density at radius 3 is 2.72 bits per heavy atom. The number of hydrogen-bond acceptors (Lipinski definition) is 5. The van der Waals surface area contributed by atoms with Gasteiger partial charge in [0.1, 0.15) is 12.4 Å². The van der Waals surface area contributed by atoms with Crippen LogP contribution in [0.3, 0.4) is 0 Å². The lowest BCUT2D eigenvalue weighted by Gasteiger charge is -2.24. The summed E-state index contributed by atoms with van der Waals surface area (Å²) < 4.78 is 36.3. The van der Waals surface area contributed by atoms with Gasteiger partial charge in [0.25, 0.3) is 10.0 Å². The minimum atomic E-state index is -3.67. The molecule has 6 nitrogen and oxygen atoms in total. The maximum atomic E-state index is 12.3. The molecule has 2 rings (SSSR count). The van der Waals surface area contributed by atoms with Gasteiger partial charge in [0.2, 0.25) is 5.09 Å². The molecule has 0 aliphatic carbocycles. The van der Waals surface area contributed by atoms with Crippen LogP contribution in [0, 0.1) is 0 Å². The van der Waals surface area contributed by atoms with E-state index in [0.717, 1.165) is 0 Å². The molecule has 2 unspecified atom stereocenters. The first-order valence-corrected chi connectivity index (χ1v) is 7.20. The molecule has 1 aliphatic rings. The molecule has 2 atom stereocenters. The number of furan rings is 1. The van der Waals surface area contributed by atoms with Gasteiger partial charge in [-0.15, -0.1) is 0 Å². The smallest absolute Gasteiger partial charge is 0.276 e. The Morgan fingerprint density at radius 1 is 1.50 bits per heavy atom. The second-order valence-corrected chi connectivity index (χ2v) is 6.26. The quantitative estimate of drug-likeness (QED) is 0.869. The van der Waals surface area contributed by atoms with Crippen molar-refractivity contribution in [1.29, 1.82) is 0 Å². The Labute approximate surface area is 106 Å². The number of hydrogen-bond donors (Lipinski definition) is 1. The van der Waals surface area contributed by atoms with Crippen molar-refractivity contribution in [3.05, 3.63) is 17.9 Å². The highest BCUT2D eigenvalue weighted by Gasteiger charge is 2.36. The van der Waals surface area contributed by atoms with E-state index >= 15 is 0 Å². The summed E-state index contributed by atoms with van der Waals surface area (Å²) in [5, 5.41) is 8.74. The highest BCUT2D eigenvalue weighted by atomic mass is 32.2. The van der Waals surface area contributed by atoms with Crippen molar-refractivity contribution in [2.24, 2.45) is 0 Å². The molecule has 1 saturated heterocycles. The van der Waals surface area contributed by atoms with Gasteiger partial charge in [0.15, 0.2) is 0 Å². The van der Waals surface area contributed by atoms with Crippen LogP contribution in [-0.2, 0) is 21.4 Å². The van der Waals surface area contributed by atoms with Gasteiger partial charge in [-0.25, -0.2) is 8.42 Å². The van der Waals surface area contributed by atoms with Crippen LogP contribution in [0.2, 0.25) is 0 Å². The lowest BCUT2D eigenvalue weighted by atomic mass is 10.2. The summed E-state index contributed by atoms with van der Waals surface area (Å²) in [6.07, 6.45) is 0.543. The molecule has 7 heteroatoms. The number of likely N-dealkylation sites (N-methyl/N-ethyl adjacent to an activating group) is 1. The predicted molar refractivity (Wildman–Crippen MR) is 63.4 cm³/mol. The van der Waals surface area contributed by atoms with Crippen LogP contribution in [0.15, 0.2) is 21.6 Å². The largest absolute Gasteiger partial charge is 0.446 e. The average Bonchev–Trinajstić information content (AvgIpc) is 2.96. The maximum absolute atomic E-state index is 12.3. The third-order valence-electron chi connectivity index (χ3n) is 3.23. The van der Waals surface area contributed by atoms with Gasteiger partial charge in [-0.2, -0.15) is 4.31 Å². The Bertz CT molecular complexity index is 509. The number of sulfonamides is 1. The number of ether oxygens (including phenoxy) is 1. The van der Waals surface area contributed by atoms with Gasteiger partial charge in [0.05, 0.1) is 12.1 Å². The highest BCUT2D eigenvalue weighted by molar-refractivity contribution is 7.89. The Morgan fingerprint density at radius 2 is 2.22 bits per heavy atom. The molecule has 0 spiro atoms. The molecule has 1 aromatic rings. The molecule has 1 fully saturated rings. The van der Waals surface area contributed by atoms with Crippen LogP contribution in [0.25, 0.3) is 0 Å².